The molecule has 0 saturated carbocycles. The Labute approximate surface area is 188 Å². The van der Waals surface area contributed by atoms with Crippen LogP contribution in [0.25, 0.3) is 11.4 Å². The Bertz CT molecular complexity index is 1160. The molecule has 0 radical (unpaired) electrons. The molecule has 1 aromatic heterocycles. The topological polar surface area (TPSA) is 162 Å². The number of fused-ring (bicyclic) bond motifs is 1. The van der Waals surface area contributed by atoms with Crippen molar-refractivity contribution in [3.63, 3.8) is 0 Å². The minimum absolute atomic E-state index is 0.0505. The fourth-order valence-electron chi connectivity index (χ4n) is 3.39. The number of aromatic nitrogens is 2. The first-order chi connectivity index (χ1) is 16.0. The maximum absolute atomic E-state index is 12.1. The van der Waals surface area contributed by atoms with Crippen LogP contribution < -0.4 is 10.6 Å². The summed E-state index contributed by atoms with van der Waals surface area (Å²) in [5.74, 6) is -0.353. The fourth-order valence-corrected chi connectivity index (χ4v) is 3.39. The molecule has 4 N–H and O–H groups in total. The van der Waals surface area contributed by atoms with Gasteiger partial charge in [-0.25, -0.2) is 0 Å². The zero-order valence-electron chi connectivity index (χ0n) is 17.6. The molecule has 1 aliphatic carbocycles. The number of nitrogens with zero attached hydrogens (tertiary/aromatic N) is 4. The van der Waals surface area contributed by atoms with Crippen LogP contribution in [0.15, 0.2) is 68.6 Å². The molecule has 1 aliphatic heterocycles. The second kappa shape index (κ2) is 9.90. The lowest BCUT2D eigenvalue weighted by atomic mass is 9.93. The van der Waals surface area contributed by atoms with Crippen molar-refractivity contribution < 1.29 is 24.3 Å². The van der Waals surface area contributed by atoms with Crippen molar-refractivity contribution in [3.8, 4) is 22.9 Å². The number of carbonyl (C=O) groups excluding carboxylic acids is 2. The fraction of sp³-hybridized carbons (Fsp3) is 0.273. The maximum atomic E-state index is 12.1. The molecule has 2 heterocycles. The predicted octanol–water partition coefficient (Wildman–Crippen LogP) is 2.12. The molecule has 0 saturated heterocycles. The Kier molecular flexibility index (Phi) is 6.58. The number of nitrogens with one attached hydrogen (secondary N) is 2. The van der Waals surface area contributed by atoms with Gasteiger partial charge in [0.1, 0.15) is 17.1 Å². The first kappa shape index (κ1) is 21.9. The van der Waals surface area contributed by atoms with E-state index in [0.717, 1.165) is 5.57 Å². The first-order valence-corrected chi connectivity index (χ1v) is 10.4. The number of rotatable bonds is 9. The predicted molar refractivity (Wildman–Crippen MR) is 116 cm³/mol. The number of benzene rings is 1. The van der Waals surface area contributed by atoms with Crippen LogP contribution in [0, 0.1) is 5.92 Å². The van der Waals surface area contributed by atoms with Gasteiger partial charge in [0.05, 0.1) is 5.92 Å². The minimum atomic E-state index is -0.394. The molecule has 1 aromatic carbocycles. The van der Waals surface area contributed by atoms with Crippen LogP contribution in [0.1, 0.15) is 18.7 Å². The number of azo groups is 1. The number of phenols is 2. The summed E-state index contributed by atoms with van der Waals surface area (Å²) in [5, 5.41) is 37.1. The van der Waals surface area contributed by atoms with E-state index in [1.165, 1.54) is 18.2 Å². The Morgan fingerprint density at radius 1 is 1.12 bits per heavy atom. The quantitative estimate of drug-likeness (QED) is 0.422. The van der Waals surface area contributed by atoms with Gasteiger partial charge >= 0.3 is 0 Å². The van der Waals surface area contributed by atoms with Crippen molar-refractivity contribution in [3.05, 3.63) is 59.8 Å². The molecule has 0 bridgehead atoms. The molecule has 11 nitrogen and oxygen atoms in total. The molecule has 170 valence electrons. The van der Waals surface area contributed by atoms with E-state index in [0.29, 0.717) is 25.3 Å². The largest absolute Gasteiger partial charge is 0.507 e. The summed E-state index contributed by atoms with van der Waals surface area (Å²) in [5.41, 5.74) is 0.867. The smallest absolute Gasteiger partial charge is 0.276 e. The monoisotopic (exact) mass is 450 g/mol. The van der Waals surface area contributed by atoms with Crippen molar-refractivity contribution in [2.75, 3.05) is 13.1 Å². The number of carbonyl (C=O) groups is 2. The molecular formula is C22H22N6O5. The van der Waals surface area contributed by atoms with Crippen LogP contribution >= 0.6 is 0 Å². The summed E-state index contributed by atoms with van der Waals surface area (Å²) in [6.07, 6.45) is 8.30. The number of hydrogen-bond donors (Lipinski definition) is 4. The van der Waals surface area contributed by atoms with E-state index in [-0.39, 0.29) is 53.4 Å². The SMILES string of the molecule is O=C(CCc1nc(-c2c(O)cccc2O)no1)NCCCNC1=C2C=CC=CC2C(=O)N=N1. The second-order valence-corrected chi connectivity index (χ2v) is 7.38. The van der Waals surface area contributed by atoms with Gasteiger partial charge in [-0.05, 0) is 18.6 Å². The van der Waals surface area contributed by atoms with E-state index < -0.39 is 5.92 Å². The highest BCUT2D eigenvalue weighted by Gasteiger charge is 2.27. The third-order valence-corrected chi connectivity index (χ3v) is 5.06. The number of allylic oxidation sites excluding steroid dienone is 3. The van der Waals surface area contributed by atoms with Crippen molar-refractivity contribution in [2.45, 2.75) is 19.3 Å². The molecule has 2 amide bonds. The van der Waals surface area contributed by atoms with Crippen molar-refractivity contribution in [1.82, 2.24) is 20.8 Å². The number of hydrogen-bond acceptors (Lipinski definition) is 9. The van der Waals surface area contributed by atoms with E-state index in [9.17, 15) is 19.8 Å². The molecule has 11 heteroatoms. The summed E-state index contributed by atoms with van der Waals surface area (Å²) in [4.78, 5) is 28.0. The summed E-state index contributed by atoms with van der Waals surface area (Å²) in [7, 11) is 0. The Hall–Kier alpha value is -4.28. The lowest BCUT2D eigenvalue weighted by molar-refractivity contribution is -0.121. The highest BCUT2D eigenvalue weighted by atomic mass is 16.5. The van der Waals surface area contributed by atoms with Gasteiger partial charge in [0.2, 0.25) is 17.6 Å². The van der Waals surface area contributed by atoms with E-state index >= 15 is 0 Å². The number of aromatic hydroxyl groups is 2. The zero-order chi connectivity index (χ0) is 23.2. The lowest BCUT2D eigenvalue weighted by Crippen LogP contribution is -2.28. The van der Waals surface area contributed by atoms with E-state index in [1.54, 1.807) is 6.08 Å². The Morgan fingerprint density at radius 2 is 1.94 bits per heavy atom. The average molecular weight is 450 g/mol. The van der Waals surface area contributed by atoms with E-state index in [1.807, 2.05) is 18.2 Å². The van der Waals surface area contributed by atoms with Gasteiger partial charge in [-0.15, -0.1) is 10.2 Å². The van der Waals surface area contributed by atoms with Crippen molar-refractivity contribution >= 4 is 11.8 Å². The number of amides is 2. The molecule has 2 aromatic rings. The van der Waals surface area contributed by atoms with Gasteiger partial charge < -0.3 is 25.4 Å². The summed E-state index contributed by atoms with van der Waals surface area (Å²) >= 11 is 0. The third kappa shape index (κ3) is 5.14. The van der Waals surface area contributed by atoms with Crippen molar-refractivity contribution in [2.24, 2.45) is 16.1 Å². The Morgan fingerprint density at radius 3 is 2.76 bits per heavy atom. The summed E-state index contributed by atoms with van der Waals surface area (Å²) < 4.78 is 5.11. The molecule has 1 unspecified atom stereocenters. The molecule has 33 heavy (non-hydrogen) atoms. The molecule has 1 atom stereocenters. The van der Waals surface area contributed by atoms with Gasteiger partial charge in [-0.2, -0.15) is 4.98 Å². The molecular weight excluding hydrogens is 428 g/mol. The van der Waals surface area contributed by atoms with Gasteiger partial charge in [0.15, 0.2) is 5.82 Å². The third-order valence-electron chi connectivity index (χ3n) is 5.06. The van der Waals surface area contributed by atoms with Crippen molar-refractivity contribution in [1.29, 1.82) is 0 Å². The van der Waals surface area contributed by atoms with Gasteiger partial charge in [-0.3, -0.25) is 9.59 Å². The van der Waals surface area contributed by atoms with Crippen LogP contribution in [-0.4, -0.2) is 45.3 Å². The highest BCUT2D eigenvalue weighted by molar-refractivity contribution is 5.86. The van der Waals surface area contributed by atoms with Gasteiger partial charge in [0.25, 0.3) is 5.91 Å². The highest BCUT2D eigenvalue weighted by Crippen LogP contribution is 2.34. The van der Waals surface area contributed by atoms with Crippen LogP contribution in [0.2, 0.25) is 0 Å². The average Bonchev–Trinajstić information content (AvgIpc) is 3.27. The number of aryl methyl sites for hydroxylation is 1. The normalized spacial score (nSPS) is 16.7. The maximum Gasteiger partial charge on any atom is 0.276 e. The lowest BCUT2D eigenvalue weighted by Gasteiger charge is -2.20. The van der Waals surface area contributed by atoms with Gasteiger partial charge in [-0.1, -0.05) is 35.5 Å². The minimum Gasteiger partial charge on any atom is -0.507 e. The molecule has 0 spiro atoms. The summed E-state index contributed by atoms with van der Waals surface area (Å²) in [6.45, 7) is 0.998. The van der Waals surface area contributed by atoms with Crippen LogP contribution in [0.5, 0.6) is 11.5 Å². The second-order valence-electron chi connectivity index (χ2n) is 7.38. The number of phenolic OH excluding ortho intramolecular Hbond substituents is 2. The molecule has 0 fully saturated rings. The Balaban J connectivity index is 1.19. The van der Waals surface area contributed by atoms with Crippen LogP contribution in [-0.2, 0) is 16.0 Å². The van der Waals surface area contributed by atoms with Crippen LogP contribution in [0.4, 0.5) is 0 Å². The molecule has 4 rings (SSSR count). The van der Waals surface area contributed by atoms with Crippen LogP contribution in [0.3, 0.4) is 0 Å². The van der Waals surface area contributed by atoms with E-state index in [4.69, 9.17) is 4.52 Å². The first-order valence-electron chi connectivity index (χ1n) is 10.4. The molecule has 2 aliphatic rings. The standard InChI is InChI=1S/C22H22N6O5/c29-15-7-3-8-16(30)19(15)21-25-18(33-28-21)10-9-17(31)23-11-4-12-24-20-13-5-1-2-6-14(13)22(32)27-26-20/h1-3,5-8,14,24,29-30H,4,9-12H2,(H,23,31). The summed E-state index contributed by atoms with van der Waals surface area (Å²) in [6, 6.07) is 4.30. The van der Waals surface area contributed by atoms with E-state index in [2.05, 4.69) is 31.0 Å². The van der Waals surface area contributed by atoms with Gasteiger partial charge in [0, 0.05) is 31.5 Å². The zero-order valence-corrected chi connectivity index (χ0v) is 17.6.